The second-order valence-electron chi connectivity index (χ2n) is 6.03. The average molecular weight is 364 g/mol. The van der Waals surface area contributed by atoms with Crippen LogP contribution >= 0.6 is 0 Å². The fraction of sp³-hybridized carbons (Fsp3) is 0.150. The van der Waals surface area contributed by atoms with Crippen LogP contribution in [0.4, 0.5) is 10.5 Å². The van der Waals surface area contributed by atoms with E-state index in [9.17, 15) is 9.59 Å². The Morgan fingerprint density at radius 2 is 1.78 bits per heavy atom. The van der Waals surface area contributed by atoms with Crippen molar-refractivity contribution >= 4 is 17.6 Å². The lowest BCUT2D eigenvalue weighted by Crippen LogP contribution is -2.25. The van der Waals surface area contributed by atoms with Crippen LogP contribution in [-0.2, 0) is 17.8 Å². The molecule has 0 atom stereocenters. The highest BCUT2D eigenvalue weighted by Gasteiger charge is 2.14. The summed E-state index contributed by atoms with van der Waals surface area (Å²) in [7, 11) is 0. The van der Waals surface area contributed by atoms with Gasteiger partial charge in [0.2, 0.25) is 11.8 Å². The molecular weight excluding hydrogens is 344 g/mol. The summed E-state index contributed by atoms with van der Waals surface area (Å²) in [5.41, 5.74) is 8.06. The third-order valence-corrected chi connectivity index (χ3v) is 3.95. The summed E-state index contributed by atoms with van der Waals surface area (Å²) in [6, 6.07) is 16.0. The molecule has 138 valence electrons. The van der Waals surface area contributed by atoms with Gasteiger partial charge < -0.3 is 20.8 Å². The number of nitrogens with two attached hydrogens (primary N) is 1. The number of rotatable bonds is 6. The van der Waals surface area contributed by atoms with Crippen LogP contribution in [0.3, 0.4) is 0 Å². The van der Waals surface area contributed by atoms with Crippen molar-refractivity contribution in [2.75, 3.05) is 5.32 Å². The maximum atomic E-state index is 12.2. The summed E-state index contributed by atoms with van der Waals surface area (Å²) in [5.74, 6) is 0.990. The smallest absolute Gasteiger partial charge is 0.316 e. The molecule has 0 aliphatic rings. The molecule has 0 fully saturated rings. The lowest BCUT2D eigenvalue weighted by molar-refractivity contribution is -0.120. The number of carbonyl (C=O) groups is 2. The van der Waals surface area contributed by atoms with Gasteiger partial charge in [0.1, 0.15) is 5.76 Å². The maximum Gasteiger partial charge on any atom is 0.316 e. The number of nitrogens with zero attached hydrogens (tertiary/aromatic N) is 1. The van der Waals surface area contributed by atoms with Gasteiger partial charge in [0.15, 0.2) is 0 Å². The summed E-state index contributed by atoms with van der Waals surface area (Å²) in [4.78, 5) is 27.5. The second-order valence-corrected chi connectivity index (χ2v) is 6.03. The Kier molecular flexibility index (Phi) is 5.51. The van der Waals surface area contributed by atoms with Gasteiger partial charge in [-0.3, -0.25) is 4.79 Å². The lowest BCUT2D eigenvalue weighted by Gasteiger charge is -2.06. The third kappa shape index (κ3) is 4.94. The van der Waals surface area contributed by atoms with E-state index in [1.807, 2.05) is 30.3 Å². The number of oxazole rings is 1. The zero-order valence-electron chi connectivity index (χ0n) is 14.9. The van der Waals surface area contributed by atoms with Gasteiger partial charge in [-0.15, -0.1) is 0 Å². The van der Waals surface area contributed by atoms with Crippen LogP contribution in [-0.4, -0.2) is 16.9 Å². The normalized spacial score (nSPS) is 10.4. The number of carbonyl (C=O) groups excluding carboxylic acids is 2. The number of amides is 3. The first-order chi connectivity index (χ1) is 13.0. The van der Waals surface area contributed by atoms with E-state index in [1.165, 1.54) is 0 Å². The first-order valence-electron chi connectivity index (χ1n) is 8.45. The zero-order chi connectivity index (χ0) is 19.2. The van der Waals surface area contributed by atoms with Gasteiger partial charge in [-0.2, -0.15) is 0 Å². The van der Waals surface area contributed by atoms with Crippen molar-refractivity contribution < 1.29 is 14.0 Å². The minimum atomic E-state index is -0.617. The first kappa shape index (κ1) is 18.2. The largest absolute Gasteiger partial charge is 0.441 e. The predicted molar refractivity (Wildman–Crippen MR) is 102 cm³/mol. The number of benzene rings is 2. The highest BCUT2D eigenvalue weighted by atomic mass is 16.4. The fourth-order valence-electron chi connectivity index (χ4n) is 2.56. The van der Waals surface area contributed by atoms with Crippen molar-refractivity contribution in [1.29, 1.82) is 0 Å². The van der Waals surface area contributed by atoms with Crippen LogP contribution in [0.1, 0.15) is 17.0 Å². The van der Waals surface area contributed by atoms with Crippen molar-refractivity contribution in [3.8, 4) is 11.5 Å². The average Bonchev–Trinajstić information content (AvgIpc) is 3.02. The number of anilines is 1. The highest BCUT2D eigenvalue weighted by molar-refractivity contribution is 5.87. The molecule has 7 nitrogen and oxygen atoms in total. The number of aromatic nitrogens is 1. The van der Waals surface area contributed by atoms with Gasteiger partial charge in [-0.25, -0.2) is 9.78 Å². The maximum absolute atomic E-state index is 12.2. The molecule has 4 N–H and O–H groups in total. The molecule has 7 heteroatoms. The molecule has 3 amide bonds. The molecule has 0 spiro atoms. The molecule has 0 saturated carbocycles. The molecule has 0 aliphatic heterocycles. The Balaban J connectivity index is 1.57. The van der Waals surface area contributed by atoms with E-state index in [0.717, 1.165) is 11.1 Å². The summed E-state index contributed by atoms with van der Waals surface area (Å²) in [6.07, 6.45) is 0.142. The molecule has 0 saturated heterocycles. The number of aryl methyl sites for hydroxylation is 1. The van der Waals surface area contributed by atoms with Gasteiger partial charge in [-0.05, 0) is 36.8 Å². The second kappa shape index (κ2) is 8.18. The predicted octanol–water partition coefficient (Wildman–Crippen LogP) is 3.00. The SMILES string of the molecule is Cc1oc(-c2ccccc2)nc1CC(=O)NCc1ccc(NC(N)=O)cc1. The van der Waals surface area contributed by atoms with E-state index in [-0.39, 0.29) is 12.3 Å². The first-order valence-corrected chi connectivity index (χ1v) is 8.45. The minimum absolute atomic E-state index is 0.142. The van der Waals surface area contributed by atoms with E-state index in [1.54, 1.807) is 31.2 Å². The summed E-state index contributed by atoms with van der Waals surface area (Å²) in [6.45, 7) is 2.17. The topological polar surface area (TPSA) is 110 Å². The zero-order valence-corrected chi connectivity index (χ0v) is 14.9. The molecule has 1 aromatic heterocycles. The Labute approximate surface area is 156 Å². The van der Waals surface area contributed by atoms with Crippen molar-refractivity contribution in [2.45, 2.75) is 19.9 Å². The standard InChI is InChI=1S/C20H20N4O3/c1-13-17(24-19(27-13)15-5-3-2-4-6-15)11-18(25)22-12-14-7-9-16(10-8-14)23-20(21)26/h2-10H,11-12H2,1H3,(H,22,25)(H3,21,23,26). The number of hydrogen-bond donors (Lipinski definition) is 3. The Morgan fingerprint density at radius 3 is 2.44 bits per heavy atom. The molecule has 0 unspecified atom stereocenters. The molecule has 0 bridgehead atoms. The molecule has 3 rings (SSSR count). The number of primary amides is 1. The summed E-state index contributed by atoms with van der Waals surface area (Å²) in [5, 5.41) is 5.34. The van der Waals surface area contributed by atoms with Crippen molar-refractivity contribution in [1.82, 2.24) is 10.3 Å². The molecule has 27 heavy (non-hydrogen) atoms. The Hall–Kier alpha value is -3.61. The van der Waals surface area contributed by atoms with Crippen LogP contribution < -0.4 is 16.4 Å². The van der Waals surface area contributed by atoms with Gasteiger partial charge >= 0.3 is 6.03 Å². The molecule has 0 aliphatic carbocycles. The number of nitrogens with one attached hydrogen (secondary N) is 2. The van der Waals surface area contributed by atoms with Crippen LogP contribution in [0.25, 0.3) is 11.5 Å². The quantitative estimate of drug-likeness (QED) is 0.624. The van der Waals surface area contributed by atoms with Crippen LogP contribution in [0.2, 0.25) is 0 Å². The summed E-state index contributed by atoms with van der Waals surface area (Å²) < 4.78 is 5.67. The van der Waals surface area contributed by atoms with Crippen LogP contribution in [0.15, 0.2) is 59.0 Å². The van der Waals surface area contributed by atoms with Gasteiger partial charge in [0, 0.05) is 17.8 Å². The third-order valence-electron chi connectivity index (χ3n) is 3.95. The van der Waals surface area contributed by atoms with Crippen molar-refractivity contribution in [3.63, 3.8) is 0 Å². The van der Waals surface area contributed by atoms with Crippen LogP contribution in [0.5, 0.6) is 0 Å². The summed E-state index contributed by atoms with van der Waals surface area (Å²) >= 11 is 0. The van der Waals surface area contributed by atoms with Crippen molar-refractivity contribution in [2.24, 2.45) is 5.73 Å². The van der Waals surface area contributed by atoms with E-state index >= 15 is 0 Å². The number of urea groups is 1. The molecule has 3 aromatic rings. The van der Waals surface area contributed by atoms with E-state index in [4.69, 9.17) is 10.2 Å². The van der Waals surface area contributed by atoms with Crippen LogP contribution in [0, 0.1) is 6.92 Å². The fourth-order valence-corrected chi connectivity index (χ4v) is 2.56. The Bertz CT molecular complexity index is 934. The lowest BCUT2D eigenvalue weighted by atomic mass is 10.2. The van der Waals surface area contributed by atoms with E-state index < -0.39 is 6.03 Å². The van der Waals surface area contributed by atoms with Gasteiger partial charge in [-0.1, -0.05) is 30.3 Å². The minimum Gasteiger partial charge on any atom is -0.441 e. The molecular formula is C20H20N4O3. The molecule has 0 radical (unpaired) electrons. The van der Waals surface area contributed by atoms with E-state index in [0.29, 0.717) is 29.6 Å². The molecule has 1 heterocycles. The van der Waals surface area contributed by atoms with Gasteiger partial charge in [0.25, 0.3) is 0 Å². The highest BCUT2D eigenvalue weighted by Crippen LogP contribution is 2.21. The Morgan fingerprint density at radius 1 is 1.07 bits per heavy atom. The van der Waals surface area contributed by atoms with Gasteiger partial charge in [0.05, 0.1) is 12.1 Å². The number of hydrogen-bond acceptors (Lipinski definition) is 4. The van der Waals surface area contributed by atoms with Crippen molar-refractivity contribution in [3.05, 3.63) is 71.6 Å². The van der Waals surface area contributed by atoms with E-state index in [2.05, 4.69) is 15.6 Å². The monoisotopic (exact) mass is 364 g/mol. The molecule has 2 aromatic carbocycles.